The minimum atomic E-state index is 0.0944. The van der Waals surface area contributed by atoms with Gasteiger partial charge in [0.1, 0.15) is 0 Å². The zero-order chi connectivity index (χ0) is 15.4. The molecule has 1 N–H and O–H groups in total. The predicted molar refractivity (Wildman–Crippen MR) is 82.9 cm³/mol. The molecule has 1 aliphatic rings. The van der Waals surface area contributed by atoms with Crippen molar-refractivity contribution in [2.75, 3.05) is 40.8 Å². The van der Waals surface area contributed by atoms with Crippen LogP contribution in [0.3, 0.4) is 0 Å². The second-order valence-electron chi connectivity index (χ2n) is 6.25. The van der Waals surface area contributed by atoms with Crippen molar-refractivity contribution >= 4 is 5.91 Å². The molecule has 1 fully saturated rings. The van der Waals surface area contributed by atoms with Crippen LogP contribution < -0.4 is 5.32 Å². The van der Waals surface area contributed by atoms with Crippen molar-refractivity contribution < 1.29 is 4.79 Å². The smallest absolute Gasteiger partial charge is 0.234 e. The molecule has 2 atom stereocenters. The highest BCUT2D eigenvalue weighted by Crippen LogP contribution is 2.34. The molecule has 0 bridgehead atoms. The van der Waals surface area contributed by atoms with E-state index in [-0.39, 0.29) is 5.91 Å². The quantitative estimate of drug-likeness (QED) is 0.858. The molecule has 0 spiro atoms. The number of nitrogens with one attached hydrogen (secondary N) is 1. The van der Waals surface area contributed by atoms with E-state index in [0.717, 1.165) is 19.5 Å². The first-order valence-electron chi connectivity index (χ1n) is 7.58. The van der Waals surface area contributed by atoms with Crippen molar-refractivity contribution in [1.82, 2.24) is 24.9 Å². The molecule has 6 nitrogen and oxygen atoms in total. The zero-order valence-electron chi connectivity index (χ0n) is 13.5. The first-order valence-corrected chi connectivity index (χ1v) is 7.58. The predicted octanol–water partition coefficient (Wildman–Crippen LogP) is 0.481. The minimum absolute atomic E-state index is 0.0944. The van der Waals surface area contributed by atoms with Crippen LogP contribution >= 0.6 is 0 Å². The Hall–Kier alpha value is -1.40. The Bertz CT molecular complexity index is 470. The lowest BCUT2D eigenvalue weighted by Crippen LogP contribution is -2.43. The van der Waals surface area contributed by atoms with Gasteiger partial charge in [0.05, 0.1) is 18.3 Å². The van der Waals surface area contributed by atoms with Crippen LogP contribution in [0.15, 0.2) is 12.3 Å². The number of aryl methyl sites for hydroxylation is 1. The molecule has 1 aromatic rings. The maximum atomic E-state index is 11.9. The van der Waals surface area contributed by atoms with E-state index >= 15 is 0 Å². The van der Waals surface area contributed by atoms with Gasteiger partial charge in [0.25, 0.3) is 0 Å². The van der Waals surface area contributed by atoms with Crippen LogP contribution in [-0.2, 0) is 11.8 Å². The fourth-order valence-electron chi connectivity index (χ4n) is 3.20. The highest BCUT2D eigenvalue weighted by Gasteiger charge is 2.32. The van der Waals surface area contributed by atoms with E-state index in [4.69, 9.17) is 0 Å². The topological polar surface area (TPSA) is 53.4 Å². The van der Waals surface area contributed by atoms with Crippen LogP contribution in [0.1, 0.15) is 24.6 Å². The van der Waals surface area contributed by atoms with Crippen molar-refractivity contribution in [3.63, 3.8) is 0 Å². The summed E-state index contributed by atoms with van der Waals surface area (Å²) in [5.41, 5.74) is 1.23. The summed E-state index contributed by atoms with van der Waals surface area (Å²) in [6.45, 7) is 2.27. The van der Waals surface area contributed by atoms with Gasteiger partial charge in [-0.1, -0.05) is 0 Å². The summed E-state index contributed by atoms with van der Waals surface area (Å²) in [7, 11) is 7.96. The maximum absolute atomic E-state index is 11.9. The lowest BCUT2D eigenvalue weighted by Gasteiger charge is -2.39. The number of nitrogens with zero attached hydrogens (tertiary/aromatic N) is 4. The standard InChI is InChI=1S/C15H27N5O/c1-18(2)11-14(21)16-10-12-6-5-9-19(3)15(12)13-7-8-17-20(13)4/h7-8,12,15H,5-6,9-11H2,1-4H3,(H,16,21)/t12-,15+/m0/s1. The number of carbonyl (C=O) groups is 1. The van der Waals surface area contributed by atoms with Gasteiger partial charge < -0.3 is 10.2 Å². The lowest BCUT2D eigenvalue weighted by molar-refractivity contribution is -0.122. The Balaban J connectivity index is 2.02. The average molecular weight is 293 g/mol. The highest BCUT2D eigenvalue weighted by atomic mass is 16.2. The van der Waals surface area contributed by atoms with Crippen molar-refractivity contribution in [3.05, 3.63) is 18.0 Å². The van der Waals surface area contributed by atoms with Gasteiger partial charge in [-0.25, -0.2) is 0 Å². The Kier molecular flexibility index (Phi) is 5.36. The SMILES string of the molecule is CN(C)CC(=O)NC[C@@H]1CCCN(C)[C@H]1c1ccnn1C. The maximum Gasteiger partial charge on any atom is 0.234 e. The highest BCUT2D eigenvalue weighted by molar-refractivity contribution is 5.77. The molecule has 6 heteroatoms. The summed E-state index contributed by atoms with van der Waals surface area (Å²) in [5.74, 6) is 0.530. The van der Waals surface area contributed by atoms with Crippen molar-refractivity contribution in [3.8, 4) is 0 Å². The van der Waals surface area contributed by atoms with Crippen molar-refractivity contribution in [2.24, 2.45) is 13.0 Å². The molecule has 0 unspecified atom stereocenters. The minimum Gasteiger partial charge on any atom is -0.355 e. The van der Waals surface area contributed by atoms with E-state index in [9.17, 15) is 4.79 Å². The molecule has 0 saturated carbocycles. The summed E-state index contributed by atoms with van der Waals surface area (Å²) in [5, 5.41) is 7.37. The van der Waals surface area contributed by atoms with Gasteiger partial charge in [-0.3, -0.25) is 14.4 Å². The number of hydrogen-bond acceptors (Lipinski definition) is 4. The average Bonchev–Trinajstić information content (AvgIpc) is 2.81. The first kappa shape index (κ1) is 16.0. The summed E-state index contributed by atoms with van der Waals surface area (Å²) in [6, 6.07) is 2.41. The first-order chi connectivity index (χ1) is 9.99. The summed E-state index contributed by atoms with van der Waals surface area (Å²) >= 11 is 0. The monoisotopic (exact) mass is 293 g/mol. The molecule has 2 heterocycles. The van der Waals surface area contributed by atoms with E-state index in [0.29, 0.717) is 18.5 Å². The number of amides is 1. The van der Waals surface area contributed by atoms with E-state index < -0.39 is 0 Å². The van der Waals surface area contributed by atoms with Gasteiger partial charge in [-0.2, -0.15) is 5.10 Å². The molecule has 1 amide bonds. The van der Waals surface area contributed by atoms with E-state index in [2.05, 4.69) is 28.4 Å². The van der Waals surface area contributed by atoms with E-state index in [1.54, 1.807) is 0 Å². The molecule has 0 radical (unpaired) electrons. The summed E-state index contributed by atoms with van der Waals surface area (Å²) in [6.07, 6.45) is 4.17. The molecular formula is C15H27N5O. The number of likely N-dealkylation sites (tertiary alicyclic amines) is 1. The number of carbonyl (C=O) groups excluding carboxylic acids is 1. The fraction of sp³-hybridized carbons (Fsp3) is 0.733. The van der Waals surface area contributed by atoms with E-state index in [1.807, 2.05) is 36.9 Å². The molecule has 118 valence electrons. The molecule has 1 aromatic heterocycles. The Morgan fingerprint density at radius 1 is 1.48 bits per heavy atom. The molecule has 21 heavy (non-hydrogen) atoms. The fourth-order valence-corrected chi connectivity index (χ4v) is 3.20. The number of piperidine rings is 1. The summed E-state index contributed by atoms with van der Waals surface area (Å²) in [4.78, 5) is 16.1. The van der Waals surface area contributed by atoms with Crippen molar-refractivity contribution in [1.29, 1.82) is 0 Å². The largest absolute Gasteiger partial charge is 0.355 e. The molecule has 2 rings (SSSR count). The Morgan fingerprint density at radius 2 is 2.24 bits per heavy atom. The number of hydrogen-bond donors (Lipinski definition) is 1. The van der Waals surface area contributed by atoms with Crippen LogP contribution in [-0.4, -0.2) is 66.3 Å². The van der Waals surface area contributed by atoms with Gasteiger partial charge in [-0.05, 0) is 52.5 Å². The van der Waals surface area contributed by atoms with Crippen LogP contribution in [0.2, 0.25) is 0 Å². The Morgan fingerprint density at radius 3 is 2.86 bits per heavy atom. The molecule has 0 aliphatic carbocycles. The van der Waals surface area contributed by atoms with Gasteiger partial charge in [0, 0.05) is 19.8 Å². The zero-order valence-corrected chi connectivity index (χ0v) is 13.5. The number of rotatable bonds is 5. The third-order valence-corrected chi connectivity index (χ3v) is 4.19. The second kappa shape index (κ2) is 7.04. The molecule has 1 aliphatic heterocycles. The van der Waals surface area contributed by atoms with Crippen LogP contribution in [0.5, 0.6) is 0 Å². The van der Waals surface area contributed by atoms with Gasteiger partial charge in [0.15, 0.2) is 0 Å². The van der Waals surface area contributed by atoms with Crippen LogP contribution in [0.25, 0.3) is 0 Å². The molecular weight excluding hydrogens is 266 g/mol. The van der Waals surface area contributed by atoms with Gasteiger partial charge in [0.2, 0.25) is 5.91 Å². The third-order valence-electron chi connectivity index (χ3n) is 4.19. The van der Waals surface area contributed by atoms with Crippen molar-refractivity contribution in [2.45, 2.75) is 18.9 Å². The lowest BCUT2D eigenvalue weighted by atomic mass is 9.87. The summed E-state index contributed by atoms with van der Waals surface area (Å²) < 4.78 is 1.95. The Labute approximate surface area is 127 Å². The molecule has 1 saturated heterocycles. The second-order valence-corrected chi connectivity index (χ2v) is 6.25. The normalized spacial score (nSPS) is 23.5. The van der Waals surface area contributed by atoms with Gasteiger partial charge >= 0.3 is 0 Å². The van der Waals surface area contributed by atoms with Crippen LogP contribution in [0.4, 0.5) is 0 Å². The van der Waals surface area contributed by atoms with Crippen LogP contribution in [0, 0.1) is 5.92 Å². The third kappa shape index (κ3) is 4.04. The number of aromatic nitrogens is 2. The number of likely N-dealkylation sites (N-methyl/N-ethyl adjacent to an activating group) is 1. The van der Waals surface area contributed by atoms with Gasteiger partial charge in [-0.15, -0.1) is 0 Å². The molecule has 0 aromatic carbocycles. The van der Waals surface area contributed by atoms with E-state index in [1.165, 1.54) is 12.1 Å².